The van der Waals surface area contributed by atoms with Crippen LogP contribution in [0.3, 0.4) is 0 Å². The molecular weight excluding hydrogens is 397 g/mol. The van der Waals surface area contributed by atoms with Crippen molar-refractivity contribution in [2.24, 2.45) is 0 Å². The van der Waals surface area contributed by atoms with Crippen LogP contribution in [0.5, 0.6) is 5.75 Å². The molecule has 30 heavy (non-hydrogen) atoms. The van der Waals surface area contributed by atoms with Gasteiger partial charge in [0, 0.05) is 25.4 Å². The highest BCUT2D eigenvalue weighted by molar-refractivity contribution is 5.68. The Balaban J connectivity index is 1.66. The Morgan fingerprint density at radius 2 is 1.93 bits per heavy atom. The van der Waals surface area contributed by atoms with Crippen molar-refractivity contribution in [3.63, 3.8) is 0 Å². The monoisotopic (exact) mass is 418 g/mol. The summed E-state index contributed by atoms with van der Waals surface area (Å²) >= 11 is 0. The van der Waals surface area contributed by atoms with Crippen LogP contribution in [0, 0.1) is 11.3 Å². The lowest BCUT2D eigenvalue weighted by molar-refractivity contribution is -0.295. The summed E-state index contributed by atoms with van der Waals surface area (Å²) in [5, 5.41) is 8.92. The largest absolute Gasteiger partial charge is 0.576 e. The fraction of sp³-hybridized carbons (Fsp3) is 0.364. The first-order chi connectivity index (χ1) is 14.3. The Morgan fingerprint density at radius 1 is 1.20 bits per heavy atom. The number of ether oxygens (including phenoxy) is 2. The maximum atomic E-state index is 12.4. The van der Waals surface area contributed by atoms with Crippen molar-refractivity contribution in [1.82, 2.24) is 4.90 Å². The van der Waals surface area contributed by atoms with E-state index in [2.05, 4.69) is 10.8 Å². The van der Waals surface area contributed by atoms with E-state index in [1.54, 1.807) is 12.1 Å². The van der Waals surface area contributed by atoms with Gasteiger partial charge in [-0.1, -0.05) is 31.2 Å². The van der Waals surface area contributed by atoms with Crippen LogP contribution in [0.1, 0.15) is 31.7 Å². The van der Waals surface area contributed by atoms with Crippen LogP contribution < -0.4 is 4.74 Å². The molecule has 5 nitrogen and oxygen atoms in total. The Bertz CT molecular complexity index is 922. The number of likely N-dealkylation sites (tertiary alicyclic amines) is 1. The number of carbonyl (C=O) groups is 1. The van der Waals surface area contributed by atoms with Crippen LogP contribution in [0.25, 0.3) is 11.1 Å². The molecule has 1 fully saturated rings. The minimum atomic E-state index is -4.99. The highest BCUT2D eigenvalue weighted by Crippen LogP contribution is 2.29. The third kappa shape index (κ3) is 5.44. The van der Waals surface area contributed by atoms with Crippen LogP contribution in [0.4, 0.5) is 18.0 Å². The molecule has 0 bridgehead atoms. The fourth-order valence-electron chi connectivity index (χ4n) is 3.58. The quantitative estimate of drug-likeness (QED) is 0.657. The molecule has 2 aromatic carbocycles. The molecule has 0 aromatic heterocycles. The highest BCUT2D eigenvalue weighted by atomic mass is 19.4. The van der Waals surface area contributed by atoms with Gasteiger partial charge in [0.2, 0.25) is 0 Å². The fourth-order valence-corrected chi connectivity index (χ4v) is 3.58. The lowest BCUT2D eigenvalue weighted by Gasteiger charge is -2.38. The van der Waals surface area contributed by atoms with Gasteiger partial charge in [-0.25, -0.2) is 4.79 Å². The molecule has 1 aliphatic heterocycles. The van der Waals surface area contributed by atoms with Gasteiger partial charge >= 0.3 is 12.5 Å². The predicted octanol–water partition coefficient (Wildman–Crippen LogP) is 5.50. The molecule has 158 valence electrons. The minimum absolute atomic E-state index is 0.132. The van der Waals surface area contributed by atoms with Gasteiger partial charge in [-0.3, -0.25) is 0 Å². The minimum Gasteiger partial charge on any atom is -0.490 e. The van der Waals surface area contributed by atoms with Crippen LogP contribution in [0.15, 0.2) is 48.5 Å². The number of halogens is 3. The third-order valence-corrected chi connectivity index (χ3v) is 5.06. The SMILES string of the molecule is CCC1CC(Oc2cccc(-c3ccc(C#N)cc3)c2)CCN1C(=O)OC(F)(F)F. The zero-order valence-corrected chi connectivity index (χ0v) is 16.4. The molecule has 2 atom stereocenters. The van der Waals surface area contributed by atoms with E-state index in [1.807, 2.05) is 43.3 Å². The van der Waals surface area contributed by atoms with E-state index in [0.29, 0.717) is 30.6 Å². The lowest BCUT2D eigenvalue weighted by Crippen LogP contribution is -2.49. The van der Waals surface area contributed by atoms with Gasteiger partial charge in [-0.2, -0.15) is 5.26 Å². The summed E-state index contributed by atoms with van der Waals surface area (Å²) in [5.74, 6) is 0.642. The van der Waals surface area contributed by atoms with Crippen molar-refractivity contribution < 1.29 is 27.4 Å². The Hall–Kier alpha value is -3.21. The molecule has 2 unspecified atom stereocenters. The van der Waals surface area contributed by atoms with Crippen molar-refractivity contribution in [1.29, 1.82) is 5.26 Å². The average molecular weight is 418 g/mol. The second-order valence-corrected chi connectivity index (χ2v) is 7.05. The zero-order valence-electron chi connectivity index (χ0n) is 16.4. The Labute approximate surface area is 172 Å². The first-order valence-electron chi connectivity index (χ1n) is 9.62. The summed E-state index contributed by atoms with van der Waals surface area (Å²) in [4.78, 5) is 12.9. The van der Waals surface area contributed by atoms with Crippen LogP contribution in [-0.2, 0) is 4.74 Å². The molecule has 1 aliphatic rings. The number of carbonyl (C=O) groups excluding carboxylic acids is 1. The number of benzene rings is 2. The summed E-state index contributed by atoms with van der Waals surface area (Å²) < 4.78 is 46.7. The van der Waals surface area contributed by atoms with Crippen molar-refractivity contribution in [3.8, 4) is 22.9 Å². The highest BCUT2D eigenvalue weighted by Gasteiger charge is 2.40. The van der Waals surface area contributed by atoms with E-state index in [1.165, 1.54) is 0 Å². The molecule has 1 amide bonds. The molecule has 2 aromatic rings. The molecule has 0 spiro atoms. The molecule has 0 aliphatic carbocycles. The number of amides is 1. The Morgan fingerprint density at radius 3 is 2.57 bits per heavy atom. The van der Waals surface area contributed by atoms with E-state index in [-0.39, 0.29) is 18.7 Å². The maximum Gasteiger partial charge on any atom is 0.576 e. The van der Waals surface area contributed by atoms with Crippen molar-refractivity contribution in [3.05, 3.63) is 54.1 Å². The summed E-state index contributed by atoms with van der Waals surface area (Å²) in [7, 11) is 0. The number of rotatable bonds is 4. The van der Waals surface area contributed by atoms with Crippen molar-refractivity contribution in [2.45, 2.75) is 44.7 Å². The topological polar surface area (TPSA) is 62.6 Å². The van der Waals surface area contributed by atoms with Gasteiger partial charge in [0.1, 0.15) is 11.9 Å². The van der Waals surface area contributed by atoms with Gasteiger partial charge in [0.05, 0.1) is 11.6 Å². The molecule has 1 heterocycles. The average Bonchev–Trinajstić information content (AvgIpc) is 2.72. The zero-order chi connectivity index (χ0) is 21.7. The van der Waals surface area contributed by atoms with E-state index in [0.717, 1.165) is 16.0 Å². The summed E-state index contributed by atoms with van der Waals surface area (Å²) in [6.45, 7) is 1.94. The van der Waals surface area contributed by atoms with Gasteiger partial charge in [-0.15, -0.1) is 13.2 Å². The second-order valence-electron chi connectivity index (χ2n) is 7.05. The van der Waals surface area contributed by atoms with Gasteiger partial charge in [0.25, 0.3) is 0 Å². The molecule has 0 N–H and O–H groups in total. The normalized spacial score (nSPS) is 19.1. The van der Waals surface area contributed by atoms with E-state index < -0.39 is 12.5 Å². The van der Waals surface area contributed by atoms with E-state index in [9.17, 15) is 18.0 Å². The number of nitrogens with zero attached hydrogens (tertiary/aromatic N) is 2. The van der Waals surface area contributed by atoms with Crippen LogP contribution in [0.2, 0.25) is 0 Å². The first kappa shape index (κ1) is 21.5. The maximum absolute atomic E-state index is 12.4. The standard InChI is InChI=1S/C22H21F3N2O3/c1-2-18-13-20(10-11-27(18)21(28)30-22(23,24)25)29-19-5-3-4-17(12-19)16-8-6-15(14-26)7-9-16/h3-9,12,18,20H,2,10-11,13H2,1H3. The van der Waals surface area contributed by atoms with Crippen LogP contribution >= 0.6 is 0 Å². The van der Waals surface area contributed by atoms with Gasteiger partial charge in [0.15, 0.2) is 0 Å². The molecule has 0 radical (unpaired) electrons. The molecule has 8 heteroatoms. The summed E-state index contributed by atoms with van der Waals surface area (Å²) in [6.07, 6.45) is -5.25. The third-order valence-electron chi connectivity index (χ3n) is 5.06. The molecule has 1 saturated heterocycles. The Kier molecular flexibility index (Phi) is 6.50. The first-order valence-corrected chi connectivity index (χ1v) is 9.62. The molecular formula is C22H21F3N2O3. The lowest BCUT2D eigenvalue weighted by atomic mass is 9.97. The van der Waals surface area contributed by atoms with E-state index in [4.69, 9.17) is 10.00 Å². The van der Waals surface area contributed by atoms with Crippen molar-refractivity contribution >= 4 is 6.09 Å². The van der Waals surface area contributed by atoms with Crippen molar-refractivity contribution in [2.75, 3.05) is 6.54 Å². The number of piperidine rings is 1. The number of nitriles is 1. The predicted molar refractivity (Wildman–Crippen MR) is 104 cm³/mol. The number of alkyl halides is 3. The summed E-state index contributed by atoms with van der Waals surface area (Å²) in [5.41, 5.74) is 2.44. The van der Waals surface area contributed by atoms with Crippen LogP contribution in [-0.4, -0.2) is 36.0 Å². The second kappa shape index (κ2) is 9.08. The number of hydrogen-bond donors (Lipinski definition) is 0. The van der Waals surface area contributed by atoms with Gasteiger partial charge < -0.3 is 14.4 Å². The number of hydrogen-bond acceptors (Lipinski definition) is 4. The van der Waals surface area contributed by atoms with E-state index >= 15 is 0 Å². The smallest absolute Gasteiger partial charge is 0.490 e. The van der Waals surface area contributed by atoms with Gasteiger partial charge in [-0.05, 0) is 41.8 Å². The summed E-state index contributed by atoms with van der Waals surface area (Å²) in [6, 6.07) is 16.4. The molecule has 3 rings (SSSR count). The molecule has 0 saturated carbocycles.